The number of benzene rings is 3. The molecule has 0 heterocycles. The Balaban J connectivity index is 1.75. The van der Waals surface area contributed by atoms with Crippen molar-refractivity contribution in [3.8, 4) is 23.0 Å². The average molecular weight is 497 g/mol. The zero-order chi connectivity index (χ0) is 23.1. The molecule has 164 valence electrons. The number of allylic oxidation sites excluding steroid dienone is 1. The van der Waals surface area contributed by atoms with Crippen LogP contribution in [0.3, 0.4) is 0 Å². The van der Waals surface area contributed by atoms with Gasteiger partial charge in [0.25, 0.3) is 0 Å². The average Bonchev–Trinajstić information content (AvgIpc) is 2.82. The first kappa shape index (κ1) is 23.1. The van der Waals surface area contributed by atoms with Crippen molar-refractivity contribution < 1.29 is 28.5 Å². The van der Waals surface area contributed by atoms with Gasteiger partial charge in [0.15, 0.2) is 28.8 Å². The highest BCUT2D eigenvalue weighted by atomic mass is 79.9. The molecule has 32 heavy (non-hydrogen) atoms. The second-order valence-corrected chi connectivity index (χ2v) is 7.49. The van der Waals surface area contributed by atoms with E-state index in [1.54, 1.807) is 54.6 Å². The number of esters is 1. The van der Waals surface area contributed by atoms with Crippen molar-refractivity contribution in [3.63, 3.8) is 0 Å². The number of ketones is 1. The predicted octanol–water partition coefficient (Wildman–Crippen LogP) is 5.59. The highest BCUT2D eigenvalue weighted by molar-refractivity contribution is 9.10. The minimum absolute atomic E-state index is 0.125. The van der Waals surface area contributed by atoms with Crippen LogP contribution in [0.15, 0.2) is 71.2 Å². The van der Waals surface area contributed by atoms with Crippen LogP contribution in [0.2, 0.25) is 0 Å². The molecule has 6 nitrogen and oxygen atoms in total. The van der Waals surface area contributed by atoms with Gasteiger partial charge in [-0.05, 0) is 66.2 Å². The maximum atomic E-state index is 12.6. The molecule has 0 N–H and O–H groups in total. The molecule has 3 aromatic rings. The van der Waals surface area contributed by atoms with Gasteiger partial charge in [-0.1, -0.05) is 28.1 Å². The summed E-state index contributed by atoms with van der Waals surface area (Å²) in [5, 5.41) is 0. The van der Waals surface area contributed by atoms with Crippen LogP contribution in [0.4, 0.5) is 0 Å². The Bertz CT molecular complexity index is 1150. The summed E-state index contributed by atoms with van der Waals surface area (Å²) in [4.78, 5) is 24.9. The first-order valence-electron chi connectivity index (χ1n) is 9.55. The monoisotopic (exact) mass is 496 g/mol. The van der Waals surface area contributed by atoms with Crippen LogP contribution < -0.4 is 18.9 Å². The van der Waals surface area contributed by atoms with Gasteiger partial charge < -0.3 is 18.9 Å². The van der Waals surface area contributed by atoms with Crippen LogP contribution in [-0.2, 0) is 0 Å². The fourth-order valence-electron chi connectivity index (χ4n) is 2.88. The molecule has 0 bridgehead atoms. The van der Waals surface area contributed by atoms with E-state index in [0.29, 0.717) is 28.4 Å². The lowest BCUT2D eigenvalue weighted by molar-refractivity contribution is 0.0729. The van der Waals surface area contributed by atoms with E-state index in [-0.39, 0.29) is 11.5 Å². The maximum absolute atomic E-state index is 12.6. The third-order valence-electron chi connectivity index (χ3n) is 4.57. The summed E-state index contributed by atoms with van der Waals surface area (Å²) in [5.74, 6) is 0.847. The SMILES string of the molecule is COc1ccc(C(=O)Oc2ccc(/C=C/C(=O)c3ccc(Br)cc3)cc2OC)cc1OC. The van der Waals surface area contributed by atoms with Crippen LogP contribution in [-0.4, -0.2) is 33.1 Å². The summed E-state index contributed by atoms with van der Waals surface area (Å²) in [6.45, 7) is 0. The van der Waals surface area contributed by atoms with Gasteiger partial charge in [-0.25, -0.2) is 4.79 Å². The van der Waals surface area contributed by atoms with Gasteiger partial charge >= 0.3 is 5.97 Å². The molecular formula is C25H21BrO6. The third kappa shape index (κ3) is 5.56. The first-order valence-corrected chi connectivity index (χ1v) is 10.3. The highest BCUT2D eigenvalue weighted by Gasteiger charge is 2.15. The van der Waals surface area contributed by atoms with E-state index in [1.807, 2.05) is 12.1 Å². The van der Waals surface area contributed by atoms with Gasteiger partial charge in [0.1, 0.15) is 0 Å². The number of hydrogen-bond donors (Lipinski definition) is 0. The molecule has 0 aliphatic heterocycles. The van der Waals surface area contributed by atoms with E-state index in [2.05, 4.69) is 15.9 Å². The Morgan fingerprint density at radius 2 is 1.31 bits per heavy atom. The fourth-order valence-corrected chi connectivity index (χ4v) is 3.14. The number of carbonyl (C=O) groups is 2. The van der Waals surface area contributed by atoms with Crippen LogP contribution in [0.25, 0.3) is 6.08 Å². The van der Waals surface area contributed by atoms with E-state index in [4.69, 9.17) is 18.9 Å². The van der Waals surface area contributed by atoms with Crippen molar-refractivity contribution in [2.75, 3.05) is 21.3 Å². The molecule has 3 rings (SSSR count). The van der Waals surface area contributed by atoms with Crippen molar-refractivity contribution in [1.82, 2.24) is 0 Å². The van der Waals surface area contributed by atoms with E-state index in [9.17, 15) is 9.59 Å². The normalized spacial score (nSPS) is 10.6. The Morgan fingerprint density at radius 3 is 1.97 bits per heavy atom. The van der Waals surface area contributed by atoms with Crippen LogP contribution in [0.5, 0.6) is 23.0 Å². The van der Waals surface area contributed by atoms with Crippen LogP contribution >= 0.6 is 15.9 Å². The summed E-state index contributed by atoms with van der Waals surface area (Å²) in [7, 11) is 4.48. The molecule has 0 amide bonds. The number of methoxy groups -OCH3 is 3. The highest BCUT2D eigenvalue weighted by Crippen LogP contribution is 2.31. The van der Waals surface area contributed by atoms with Gasteiger partial charge in [0, 0.05) is 10.0 Å². The van der Waals surface area contributed by atoms with Gasteiger partial charge in [0.05, 0.1) is 26.9 Å². The molecule has 0 radical (unpaired) electrons. The third-order valence-corrected chi connectivity index (χ3v) is 5.09. The quantitative estimate of drug-likeness (QED) is 0.175. The molecule has 7 heteroatoms. The van der Waals surface area contributed by atoms with Gasteiger partial charge in [-0.2, -0.15) is 0 Å². The number of halogens is 1. The van der Waals surface area contributed by atoms with Crippen molar-refractivity contribution >= 4 is 33.8 Å². The smallest absolute Gasteiger partial charge is 0.343 e. The molecule has 0 saturated carbocycles. The van der Waals surface area contributed by atoms with Gasteiger partial charge in [0.2, 0.25) is 0 Å². The minimum Gasteiger partial charge on any atom is -0.493 e. The molecule has 0 aromatic heterocycles. The number of hydrogen-bond acceptors (Lipinski definition) is 6. The molecule has 0 saturated heterocycles. The van der Waals surface area contributed by atoms with Gasteiger partial charge in [-0.3, -0.25) is 4.79 Å². The molecule has 0 fully saturated rings. The zero-order valence-electron chi connectivity index (χ0n) is 17.8. The molecule has 0 aliphatic carbocycles. The van der Waals surface area contributed by atoms with E-state index in [1.165, 1.54) is 27.4 Å². The Hall–Kier alpha value is -3.58. The lowest BCUT2D eigenvalue weighted by Gasteiger charge is -2.12. The largest absolute Gasteiger partial charge is 0.493 e. The molecule has 3 aromatic carbocycles. The van der Waals surface area contributed by atoms with Gasteiger partial charge in [-0.15, -0.1) is 0 Å². The Morgan fingerprint density at radius 1 is 0.719 bits per heavy atom. The van der Waals surface area contributed by atoms with E-state index < -0.39 is 5.97 Å². The second-order valence-electron chi connectivity index (χ2n) is 6.57. The van der Waals surface area contributed by atoms with Crippen molar-refractivity contribution in [1.29, 1.82) is 0 Å². The van der Waals surface area contributed by atoms with Crippen molar-refractivity contribution in [2.45, 2.75) is 0 Å². The molecule has 0 spiro atoms. The molecular weight excluding hydrogens is 476 g/mol. The standard InChI is InChI=1S/C25H21BrO6/c1-29-21-13-8-18(15-24(21)31-3)25(28)32-22-12-5-16(14-23(22)30-2)4-11-20(27)17-6-9-19(26)10-7-17/h4-15H,1-3H3/b11-4+. The van der Waals surface area contributed by atoms with E-state index in [0.717, 1.165) is 10.0 Å². The van der Waals surface area contributed by atoms with E-state index >= 15 is 0 Å². The predicted molar refractivity (Wildman–Crippen MR) is 125 cm³/mol. The number of rotatable bonds is 8. The Kier molecular flexibility index (Phi) is 7.68. The molecule has 0 unspecified atom stereocenters. The van der Waals surface area contributed by atoms with Crippen molar-refractivity contribution in [2.24, 2.45) is 0 Å². The summed E-state index contributed by atoms with van der Waals surface area (Å²) in [5.41, 5.74) is 1.60. The first-order chi connectivity index (χ1) is 15.4. The lowest BCUT2D eigenvalue weighted by Crippen LogP contribution is -2.09. The number of ether oxygens (including phenoxy) is 4. The summed E-state index contributed by atoms with van der Waals surface area (Å²) in [6.07, 6.45) is 3.15. The van der Waals surface area contributed by atoms with Crippen molar-refractivity contribution in [3.05, 3.63) is 87.9 Å². The molecule has 0 atom stereocenters. The second kappa shape index (κ2) is 10.6. The summed E-state index contributed by atoms with van der Waals surface area (Å²) < 4.78 is 22.2. The maximum Gasteiger partial charge on any atom is 0.343 e. The fraction of sp³-hybridized carbons (Fsp3) is 0.120. The van der Waals surface area contributed by atoms with Crippen LogP contribution in [0.1, 0.15) is 26.3 Å². The lowest BCUT2D eigenvalue weighted by atomic mass is 10.1. The zero-order valence-corrected chi connectivity index (χ0v) is 19.3. The number of carbonyl (C=O) groups excluding carboxylic acids is 2. The minimum atomic E-state index is -0.571. The summed E-state index contributed by atoms with van der Waals surface area (Å²) >= 11 is 3.35. The summed E-state index contributed by atoms with van der Waals surface area (Å²) in [6, 6.07) is 16.9. The Labute approximate surface area is 194 Å². The topological polar surface area (TPSA) is 71.1 Å². The van der Waals surface area contributed by atoms with Crippen LogP contribution in [0, 0.1) is 0 Å². The molecule has 0 aliphatic rings.